The Bertz CT molecular complexity index is 393. The predicted molar refractivity (Wildman–Crippen MR) is 77.3 cm³/mol. The van der Waals surface area contributed by atoms with E-state index in [1.165, 1.54) is 0 Å². The van der Waals surface area contributed by atoms with Crippen LogP contribution in [0.5, 0.6) is 0 Å². The quantitative estimate of drug-likeness (QED) is 0.237. The average Bonchev–Trinajstić information content (AvgIpc) is 2.45. The van der Waals surface area contributed by atoms with Crippen molar-refractivity contribution in [2.75, 3.05) is 13.2 Å². The number of hydrogen-bond donors (Lipinski definition) is 1. The highest BCUT2D eigenvalue weighted by Crippen LogP contribution is 2.12. The summed E-state index contributed by atoms with van der Waals surface area (Å²) >= 11 is 0. The molecule has 126 valence electrons. The van der Waals surface area contributed by atoms with E-state index >= 15 is 0 Å². The molecule has 0 aromatic rings. The summed E-state index contributed by atoms with van der Waals surface area (Å²) in [7, 11) is 0. The molecule has 0 aliphatic carbocycles. The van der Waals surface area contributed by atoms with Crippen LogP contribution in [0.4, 0.5) is 0 Å². The molecule has 1 atom stereocenters. The molecule has 7 heteroatoms. The molecule has 0 saturated heterocycles. The summed E-state index contributed by atoms with van der Waals surface area (Å²) < 4.78 is 10.6. The van der Waals surface area contributed by atoms with Gasteiger partial charge in [0.2, 0.25) is 12.1 Å². The van der Waals surface area contributed by atoms with Crippen molar-refractivity contribution in [2.45, 2.75) is 52.7 Å². The van der Waals surface area contributed by atoms with Gasteiger partial charge in [0.15, 0.2) is 5.92 Å². The van der Waals surface area contributed by atoms with Crippen molar-refractivity contribution in [3.05, 3.63) is 0 Å². The Kier molecular flexibility index (Phi) is 10.2. The number of Topliss-reactive ketones (excluding diaryl/α,β-unsaturated/α-hetero) is 3. The maximum absolute atomic E-state index is 12.3. The van der Waals surface area contributed by atoms with Crippen LogP contribution in [-0.4, -0.2) is 47.9 Å². The number of ketones is 3. The number of carbonyl (C=O) groups is 4. The van der Waals surface area contributed by atoms with Crippen molar-refractivity contribution in [1.82, 2.24) is 0 Å². The fraction of sp³-hybridized carbons (Fsp3) is 0.733. The molecule has 1 unspecified atom stereocenters. The van der Waals surface area contributed by atoms with Gasteiger partial charge in [0.05, 0.1) is 13.2 Å². The second kappa shape index (κ2) is 11.0. The van der Waals surface area contributed by atoms with E-state index in [0.717, 1.165) is 19.8 Å². The van der Waals surface area contributed by atoms with Gasteiger partial charge in [0, 0.05) is 0 Å². The Balaban J connectivity index is 5.03. The lowest BCUT2D eigenvalue weighted by Gasteiger charge is -2.20. The minimum absolute atomic E-state index is 0.227. The molecule has 0 bridgehead atoms. The van der Waals surface area contributed by atoms with Gasteiger partial charge in [-0.1, -0.05) is 26.7 Å². The van der Waals surface area contributed by atoms with E-state index in [-0.39, 0.29) is 13.2 Å². The number of aliphatic carboxylic acids is 1. The SMILES string of the molecule is CCCCOC(OCCCC)C(=O)C(C(C)=O)C(=O)C(=O)O. The molecule has 0 saturated carbocycles. The Labute approximate surface area is 130 Å². The minimum atomic E-state index is -1.88. The number of ether oxygens (including phenoxy) is 2. The third-order valence-electron chi connectivity index (χ3n) is 2.93. The predicted octanol–water partition coefficient (Wildman–Crippen LogP) is 1.37. The molecule has 1 N–H and O–H groups in total. The van der Waals surface area contributed by atoms with Crippen LogP contribution >= 0.6 is 0 Å². The van der Waals surface area contributed by atoms with Crippen LogP contribution in [0.3, 0.4) is 0 Å². The molecule has 0 rings (SSSR count). The summed E-state index contributed by atoms with van der Waals surface area (Å²) in [5.74, 6) is -6.95. The Morgan fingerprint density at radius 1 is 0.955 bits per heavy atom. The van der Waals surface area contributed by atoms with E-state index in [0.29, 0.717) is 12.8 Å². The van der Waals surface area contributed by atoms with Gasteiger partial charge < -0.3 is 14.6 Å². The van der Waals surface area contributed by atoms with Crippen molar-refractivity contribution in [1.29, 1.82) is 0 Å². The van der Waals surface area contributed by atoms with E-state index in [1.807, 2.05) is 13.8 Å². The lowest BCUT2D eigenvalue weighted by molar-refractivity contribution is -0.177. The van der Waals surface area contributed by atoms with Gasteiger partial charge in [0.1, 0.15) is 5.78 Å². The summed E-state index contributed by atoms with van der Waals surface area (Å²) in [6, 6.07) is 0. The molecule has 0 radical (unpaired) electrons. The zero-order valence-corrected chi connectivity index (χ0v) is 13.3. The monoisotopic (exact) mass is 316 g/mol. The lowest BCUT2D eigenvalue weighted by Crippen LogP contribution is -2.43. The summed E-state index contributed by atoms with van der Waals surface area (Å²) in [4.78, 5) is 46.0. The van der Waals surface area contributed by atoms with E-state index in [2.05, 4.69) is 0 Å². The first-order chi connectivity index (χ1) is 10.4. The Morgan fingerprint density at radius 2 is 1.41 bits per heavy atom. The van der Waals surface area contributed by atoms with Crippen LogP contribution < -0.4 is 0 Å². The largest absolute Gasteiger partial charge is 0.475 e. The van der Waals surface area contributed by atoms with Crippen LogP contribution in [-0.2, 0) is 28.7 Å². The summed E-state index contributed by atoms with van der Waals surface area (Å²) in [5.41, 5.74) is 0. The maximum Gasteiger partial charge on any atom is 0.373 e. The highest BCUT2D eigenvalue weighted by Gasteiger charge is 2.40. The van der Waals surface area contributed by atoms with E-state index < -0.39 is 35.5 Å². The summed E-state index contributed by atoms with van der Waals surface area (Å²) in [6.45, 7) is 5.32. The first kappa shape index (κ1) is 20.4. The first-order valence-electron chi connectivity index (χ1n) is 7.41. The van der Waals surface area contributed by atoms with Gasteiger partial charge in [0.25, 0.3) is 5.78 Å². The molecule has 0 aromatic carbocycles. The molecule has 0 spiro atoms. The molecular weight excluding hydrogens is 292 g/mol. The van der Waals surface area contributed by atoms with Gasteiger partial charge in [-0.3, -0.25) is 14.4 Å². The third kappa shape index (κ3) is 6.91. The highest BCUT2D eigenvalue weighted by molar-refractivity contribution is 6.43. The smallest absolute Gasteiger partial charge is 0.373 e. The zero-order chi connectivity index (χ0) is 17.1. The maximum atomic E-state index is 12.3. The van der Waals surface area contributed by atoms with Crippen molar-refractivity contribution in [3.63, 3.8) is 0 Å². The molecule has 0 amide bonds. The van der Waals surface area contributed by atoms with E-state index in [1.54, 1.807) is 0 Å². The first-order valence-corrected chi connectivity index (χ1v) is 7.41. The molecular formula is C15H24O7. The number of hydrogen-bond acceptors (Lipinski definition) is 6. The second-order valence-electron chi connectivity index (χ2n) is 4.90. The number of carbonyl (C=O) groups excluding carboxylic acids is 3. The van der Waals surface area contributed by atoms with Crippen molar-refractivity contribution >= 4 is 23.3 Å². The number of carboxylic acids is 1. The molecule has 7 nitrogen and oxygen atoms in total. The average molecular weight is 316 g/mol. The topological polar surface area (TPSA) is 107 Å². The Morgan fingerprint density at radius 3 is 1.73 bits per heavy atom. The molecule has 0 aromatic heterocycles. The van der Waals surface area contributed by atoms with Gasteiger partial charge in [-0.15, -0.1) is 0 Å². The molecule has 0 aliphatic heterocycles. The van der Waals surface area contributed by atoms with E-state index in [9.17, 15) is 19.2 Å². The Hall–Kier alpha value is -1.60. The van der Waals surface area contributed by atoms with Crippen molar-refractivity contribution in [3.8, 4) is 0 Å². The molecule has 22 heavy (non-hydrogen) atoms. The van der Waals surface area contributed by atoms with Crippen LogP contribution in [0.15, 0.2) is 0 Å². The van der Waals surface area contributed by atoms with Crippen LogP contribution in [0.25, 0.3) is 0 Å². The standard InChI is InChI=1S/C15H24O7/c1-4-6-8-21-15(22-9-7-5-2)13(18)11(10(3)16)12(17)14(19)20/h11,15H,4-9H2,1-3H3,(H,19,20). The van der Waals surface area contributed by atoms with Gasteiger partial charge in [-0.2, -0.15) is 0 Å². The van der Waals surface area contributed by atoms with Crippen molar-refractivity contribution < 1.29 is 33.8 Å². The van der Waals surface area contributed by atoms with Gasteiger partial charge in [-0.25, -0.2) is 4.79 Å². The van der Waals surface area contributed by atoms with E-state index in [4.69, 9.17) is 14.6 Å². The zero-order valence-electron chi connectivity index (χ0n) is 13.3. The second-order valence-corrected chi connectivity index (χ2v) is 4.90. The molecule has 0 fully saturated rings. The van der Waals surface area contributed by atoms with Crippen LogP contribution in [0.2, 0.25) is 0 Å². The van der Waals surface area contributed by atoms with Gasteiger partial charge in [-0.05, 0) is 19.8 Å². The van der Waals surface area contributed by atoms with Crippen LogP contribution in [0.1, 0.15) is 46.5 Å². The highest BCUT2D eigenvalue weighted by atomic mass is 16.7. The molecule has 0 heterocycles. The fourth-order valence-corrected chi connectivity index (χ4v) is 1.66. The number of unbranched alkanes of at least 4 members (excludes halogenated alkanes) is 2. The fourth-order valence-electron chi connectivity index (χ4n) is 1.66. The van der Waals surface area contributed by atoms with Gasteiger partial charge >= 0.3 is 5.97 Å². The normalized spacial score (nSPS) is 12.2. The summed E-state index contributed by atoms with van der Waals surface area (Å²) in [6.07, 6.45) is 1.63. The minimum Gasteiger partial charge on any atom is -0.475 e. The van der Waals surface area contributed by atoms with Crippen molar-refractivity contribution in [2.24, 2.45) is 5.92 Å². The molecule has 0 aliphatic rings. The summed E-state index contributed by atoms with van der Waals surface area (Å²) in [5, 5.41) is 8.72. The van der Waals surface area contributed by atoms with Crippen LogP contribution in [0, 0.1) is 5.92 Å². The third-order valence-corrected chi connectivity index (χ3v) is 2.93. The number of rotatable bonds is 13. The lowest BCUT2D eigenvalue weighted by atomic mass is 9.94. The number of carboxylic acid groups (broad SMARTS) is 1.